The summed E-state index contributed by atoms with van der Waals surface area (Å²) < 4.78 is 0. The predicted molar refractivity (Wildman–Crippen MR) is 70.4 cm³/mol. The first-order valence-corrected chi connectivity index (χ1v) is 5.60. The molecule has 2 aromatic rings. The smallest absolute Gasteiger partial charge is 0.337 e. The highest BCUT2D eigenvalue weighted by atomic mass is 16.4. The molecule has 0 spiro atoms. The molecular weight excluding hydrogens is 246 g/mol. The molecule has 0 unspecified atom stereocenters. The molecule has 0 aliphatic rings. The predicted octanol–water partition coefficient (Wildman–Crippen LogP) is 1.97. The lowest BCUT2D eigenvalue weighted by molar-refractivity contribution is 0.0698. The number of para-hydroxylation sites is 1. The van der Waals surface area contributed by atoms with Crippen LogP contribution in [0.25, 0.3) is 0 Å². The van der Waals surface area contributed by atoms with Crippen molar-refractivity contribution in [3.05, 3.63) is 53.1 Å². The lowest BCUT2D eigenvalue weighted by atomic mass is 9.99. The number of aromatic hydroxyl groups is 2. The maximum atomic E-state index is 11.0. The van der Waals surface area contributed by atoms with Crippen molar-refractivity contribution in [1.82, 2.24) is 0 Å². The summed E-state index contributed by atoms with van der Waals surface area (Å²) in [5.74, 6) is -1.04. The molecule has 2 rings (SSSR count). The summed E-state index contributed by atoms with van der Waals surface area (Å²) in [6.07, 6.45) is 0.243. The number of carbonyl (C=O) groups is 1. The van der Waals surface area contributed by atoms with Gasteiger partial charge in [0.25, 0.3) is 0 Å². The van der Waals surface area contributed by atoms with Crippen molar-refractivity contribution in [2.24, 2.45) is 0 Å². The molecule has 0 bridgehead atoms. The van der Waals surface area contributed by atoms with Crippen LogP contribution in [0.5, 0.6) is 11.5 Å². The van der Waals surface area contributed by atoms with Crippen molar-refractivity contribution in [3.63, 3.8) is 0 Å². The second kappa shape index (κ2) is 4.89. The fourth-order valence-corrected chi connectivity index (χ4v) is 1.87. The largest absolute Gasteiger partial charge is 0.508 e. The van der Waals surface area contributed by atoms with E-state index in [1.807, 2.05) is 0 Å². The van der Waals surface area contributed by atoms with E-state index in [0.717, 1.165) is 0 Å². The van der Waals surface area contributed by atoms with E-state index in [9.17, 15) is 15.0 Å². The molecule has 0 aliphatic heterocycles. The quantitative estimate of drug-likeness (QED) is 0.498. The molecule has 0 aliphatic carbocycles. The number of rotatable bonds is 3. The Balaban J connectivity index is 2.41. The molecule has 0 atom stereocenters. The summed E-state index contributed by atoms with van der Waals surface area (Å²) in [5.41, 5.74) is 7.05. The molecule has 5 nitrogen and oxygen atoms in total. The highest BCUT2D eigenvalue weighted by molar-refractivity contribution is 5.94. The third-order valence-electron chi connectivity index (χ3n) is 2.87. The summed E-state index contributed by atoms with van der Waals surface area (Å²) in [4.78, 5) is 11.0. The molecule has 0 radical (unpaired) electrons. The summed E-state index contributed by atoms with van der Waals surface area (Å²) >= 11 is 0. The van der Waals surface area contributed by atoms with Gasteiger partial charge in [-0.15, -0.1) is 0 Å². The van der Waals surface area contributed by atoms with Gasteiger partial charge < -0.3 is 21.1 Å². The topological polar surface area (TPSA) is 104 Å². The monoisotopic (exact) mass is 259 g/mol. The van der Waals surface area contributed by atoms with Gasteiger partial charge in [0.2, 0.25) is 0 Å². The van der Waals surface area contributed by atoms with Crippen molar-refractivity contribution in [3.8, 4) is 11.5 Å². The first-order chi connectivity index (χ1) is 8.99. The van der Waals surface area contributed by atoms with Crippen LogP contribution >= 0.6 is 0 Å². The zero-order chi connectivity index (χ0) is 14.0. The second-order valence-electron chi connectivity index (χ2n) is 4.17. The van der Waals surface area contributed by atoms with E-state index in [2.05, 4.69) is 0 Å². The Morgan fingerprint density at radius 3 is 2.53 bits per heavy atom. The molecule has 0 amide bonds. The third kappa shape index (κ3) is 2.60. The summed E-state index contributed by atoms with van der Waals surface area (Å²) in [5, 5.41) is 28.1. The summed E-state index contributed by atoms with van der Waals surface area (Å²) in [6, 6.07) is 8.86. The Morgan fingerprint density at radius 2 is 1.84 bits per heavy atom. The van der Waals surface area contributed by atoms with Crippen LogP contribution in [0.3, 0.4) is 0 Å². The molecule has 0 fully saturated rings. The molecular formula is C14H13NO4. The Kier molecular flexibility index (Phi) is 3.29. The molecule has 0 saturated heterocycles. The van der Waals surface area contributed by atoms with Crippen molar-refractivity contribution in [2.75, 3.05) is 5.73 Å². The third-order valence-corrected chi connectivity index (χ3v) is 2.87. The molecule has 19 heavy (non-hydrogen) atoms. The highest BCUT2D eigenvalue weighted by Gasteiger charge is 2.12. The normalized spacial score (nSPS) is 10.3. The zero-order valence-corrected chi connectivity index (χ0v) is 10.00. The number of nitrogen functional groups attached to an aromatic ring is 1. The van der Waals surface area contributed by atoms with Crippen LogP contribution < -0.4 is 5.73 Å². The summed E-state index contributed by atoms with van der Waals surface area (Å²) in [7, 11) is 0. The van der Waals surface area contributed by atoms with Crippen LogP contribution in [0.2, 0.25) is 0 Å². The highest BCUT2D eigenvalue weighted by Crippen LogP contribution is 2.27. The average molecular weight is 259 g/mol. The Labute approximate surface area is 109 Å². The Morgan fingerprint density at radius 1 is 1.11 bits per heavy atom. The van der Waals surface area contributed by atoms with Crippen LogP contribution in [0.1, 0.15) is 21.5 Å². The minimum Gasteiger partial charge on any atom is -0.508 e. The molecule has 2 aromatic carbocycles. The minimum atomic E-state index is -1.10. The zero-order valence-electron chi connectivity index (χ0n) is 10.00. The minimum absolute atomic E-state index is 0.0251. The fraction of sp³-hybridized carbons (Fsp3) is 0.0714. The number of phenols is 2. The van der Waals surface area contributed by atoms with Gasteiger partial charge in [0.05, 0.1) is 5.56 Å². The van der Waals surface area contributed by atoms with Gasteiger partial charge in [-0.05, 0) is 29.8 Å². The Bertz CT molecular complexity index is 637. The van der Waals surface area contributed by atoms with Gasteiger partial charge in [-0.1, -0.05) is 12.1 Å². The van der Waals surface area contributed by atoms with Crippen molar-refractivity contribution in [2.45, 2.75) is 6.42 Å². The van der Waals surface area contributed by atoms with Crippen molar-refractivity contribution in [1.29, 1.82) is 0 Å². The van der Waals surface area contributed by atoms with Gasteiger partial charge in [0.15, 0.2) is 0 Å². The number of aromatic carboxylic acids is 1. The standard InChI is InChI=1S/C14H13NO4/c15-13-8(2-1-3-11(13)14(18)19)6-9-7-10(16)4-5-12(9)17/h1-5,7,16-17H,6,15H2,(H,18,19). The molecule has 5 N–H and O–H groups in total. The van der Waals surface area contributed by atoms with Crippen LogP contribution in [0, 0.1) is 0 Å². The first-order valence-electron chi connectivity index (χ1n) is 5.60. The van der Waals surface area contributed by atoms with Gasteiger partial charge in [-0.2, -0.15) is 0 Å². The van der Waals surface area contributed by atoms with E-state index >= 15 is 0 Å². The molecule has 0 aromatic heterocycles. The lowest BCUT2D eigenvalue weighted by Crippen LogP contribution is -2.05. The van der Waals surface area contributed by atoms with Gasteiger partial charge in [0.1, 0.15) is 11.5 Å². The van der Waals surface area contributed by atoms with Crippen LogP contribution in [0.4, 0.5) is 5.69 Å². The van der Waals surface area contributed by atoms with Crippen molar-refractivity contribution >= 4 is 11.7 Å². The number of carboxylic acids is 1. The van der Waals surface area contributed by atoms with Crippen LogP contribution in [-0.4, -0.2) is 21.3 Å². The fourth-order valence-electron chi connectivity index (χ4n) is 1.87. The van der Waals surface area contributed by atoms with Crippen molar-refractivity contribution < 1.29 is 20.1 Å². The van der Waals surface area contributed by atoms with Gasteiger partial charge in [-0.3, -0.25) is 0 Å². The van der Waals surface area contributed by atoms with E-state index in [1.165, 1.54) is 24.3 Å². The maximum absolute atomic E-state index is 11.0. The number of nitrogens with two attached hydrogens (primary N) is 1. The number of hydrogen-bond acceptors (Lipinski definition) is 4. The van der Waals surface area contributed by atoms with E-state index in [0.29, 0.717) is 11.1 Å². The molecule has 5 heteroatoms. The average Bonchev–Trinajstić information content (AvgIpc) is 2.36. The van der Waals surface area contributed by atoms with Gasteiger partial charge in [-0.25, -0.2) is 4.79 Å². The number of hydrogen-bond donors (Lipinski definition) is 4. The van der Waals surface area contributed by atoms with E-state index in [-0.39, 0.29) is 29.2 Å². The van der Waals surface area contributed by atoms with E-state index in [1.54, 1.807) is 12.1 Å². The molecule has 0 saturated carbocycles. The first kappa shape index (κ1) is 12.8. The van der Waals surface area contributed by atoms with E-state index < -0.39 is 5.97 Å². The molecule has 98 valence electrons. The SMILES string of the molecule is Nc1c(Cc2cc(O)ccc2O)cccc1C(=O)O. The Hall–Kier alpha value is -2.69. The number of carboxylic acid groups (broad SMARTS) is 1. The van der Waals surface area contributed by atoms with Crippen LogP contribution in [0.15, 0.2) is 36.4 Å². The summed E-state index contributed by atoms with van der Waals surface area (Å²) in [6.45, 7) is 0. The van der Waals surface area contributed by atoms with Crippen LogP contribution in [-0.2, 0) is 6.42 Å². The maximum Gasteiger partial charge on any atom is 0.337 e. The van der Waals surface area contributed by atoms with E-state index in [4.69, 9.17) is 10.8 Å². The van der Waals surface area contributed by atoms with Gasteiger partial charge >= 0.3 is 5.97 Å². The lowest BCUT2D eigenvalue weighted by Gasteiger charge is -2.10. The number of phenolic OH excluding ortho intramolecular Hbond substituents is 2. The number of anilines is 1. The number of benzene rings is 2. The second-order valence-corrected chi connectivity index (χ2v) is 4.17. The van der Waals surface area contributed by atoms with Gasteiger partial charge in [0, 0.05) is 17.7 Å². The molecule has 0 heterocycles.